The summed E-state index contributed by atoms with van der Waals surface area (Å²) in [6.07, 6.45) is 4.00. The number of rotatable bonds is 1. The minimum absolute atomic E-state index is 0. The molecule has 1 N–H and O–H groups in total. The topological polar surface area (TPSA) is 37.3 Å². The smallest absolute Gasteiger partial charge is 0.479 e. The summed E-state index contributed by atoms with van der Waals surface area (Å²) in [7, 11) is 0. The predicted octanol–water partition coefficient (Wildman–Crippen LogP) is 2.76. The van der Waals surface area contributed by atoms with Crippen molar-refractivity contribution < 1.29 is 29.7 Å². The van der Waals surface area contributed by atoms with Crippen LogP contribution in [-0.2, 0) is 19.8 Å². The molecule has 1 aromatic carbocycles. The third kappa shape index (κ3) is 7.70. The fourth-order valence-electron chi connectivity index (χ4n) is 0.529. The molecule has 1 aromatic rings. The van der Waals surface area contributed by atoms with Crippen LogP contribution in [0.2, 0.25) is 0 Å². The largest absolute Gasteiger partial charge is 1.00 e. The van der Waals surface area contributed by atoms with Crippen molar-refractivity contribution in [3.63, 3.8) is 0 Å². The van der Waals surface area contributed by atoms with E-state index in [-0.39, 0.29) is 19.8 Å². The van der Waals surface area contributed by atoms with Crippen molar-refractivity contribution in [3.05, 3.63) is 48.0 Å². The molecule has 0 aliphatic heterocycles. The molecule has 0 saturated carbocycles. The van der Waals surface area contributed by atoms with Crippen LogP contribution in [0.25, 0.3) is 0 Å². The van der Waals surface area contributed by atoms with Crippen LogP contribution in [0.4, 0.5) is 0 Å². The zero-order chi connectivity index (χ0) is 10.1. The minimum Gasteiger partial charge on any atom is -0.479 e. The molecule has 3 heteroatoms. The fourth-order valence-corrected chi connectivity index (χ4v) is 0.529. The van der Waals surface area contributed by atoms with Crippen LogP contribution in [0.1, 0.15) is 24.2 Å². The van der Waals surface area contributed by atoms with E-state index >= 15 is 0 Å². The van der Waals surface area contributed by atoms with Gasteiger partial charge in [-0.05, 0) is 19.4 Å². The van der Waals surface area contributed by atoms with E-state index in [0.717, 1.165) is 0 Å². The van der Waals surface area contributed by atoms with Gasteiger partial charge < -0.3 is 5.11 Å². The van der Waals surface area contributed by atoms with E-state index in [0.29, 0.717) is 5.56 Å². The maximum Gasteiger partial charge on any atom is 1.00 e. The van der Waals surface area contributed by atoms with Gasteiger partial charge in [0, 0.05) is 0 Å². The van der Waals surface area contributed by atoms with Crippen LogP contribution in [0, 0.1) is 6.07 Å². The minimum atomic E-state index is -0.899. The third-order valence-corrected chi connectivity index (χ3v) is 1.30. The maximum absolute atomic E-state index is 10.2. The van der Waals surface area contributed by atoms with Gasteiger partial charge in [-0.15, -0.1) is 0 Å². The Kier molecular flexibility index (Phi) is 11.3. The SMILES string of the molecule is C/C=C\C.O=C(O)c1cc[c-]cc1.[Os+]. The van der Waals surface area contributed by atoms with E-state index in [1.807, 2.05) is 26.0 Å². The van der Waals surface area contributed by atoms with E-state index in [9.17, 15) is 4.79 Å². The molecule has 1 radical (unpaired) electrons. The Morgan fingerprint density at radius 3 is 1.93 bits per heavy atom. The molecule has 1 rings (SSSR count). The van der Waals surface area contributed by atoms with Crippen molar-refractivity contribution >= 4 is 5.97 Å². The predicted molar refractivity (Wildman–Crippen MR) is 52.7 cm³/mol. The van der Waals surface area contributed by atoms with E-state index in [2.05, 4.69) is 6.07 Å². The second-order valence-corrected chi connectivity index (χ2v) is 2.26. The average Bonchev–Trinajstić information content (AvgIpc) is 2.19. The van der Waals surface area contributed by atoms with Crippen molar-refractivity contribution in [2.75, 3.05) is 0 Å². The molecule has 2 nitrogen and oxygen atoms in total. The number of carbonyl (C=O) groups is 1. The molecule has 0 spiro atoms. The van der Waals surface area contributed by atoms with Crippen molar-refractivity contribution in [1.29, 1.82) is 0 Å². The molecule has 0 aliphatic rings. The Morgan fingerprint density at radius 2 is 1.71 bits per heavy atom. The van der Waals surface area contributed by atoms with E-state index in [1.54, 1.807) is 12.1 Å². The normalized spacial score (nSPS) is 8.43. The van der Waals surface area contributed by atoms with Crippen molar-refractivity contribution in [2.24, 2.45) is 0 Å². The first kappa shape index (κ1) is 15.5. The average molecular weight is 367 g/mol. The maximum atomic E-state index is 10.2. The van der Waals surface area contributed by atoms with Crippen LogP contribution < -0.4 is 0 Å². The number of carboxylic acid groups (broad SMARTS) is 1. The summed E-state index contributed by atoms with van der Waals surface area (Å²) in [6.45, 7) is 4.00. The molecule has 0 fully saturated rings. The van der Waals surface area contributed by atoms with Gasteiger partial charge in [0.25, 0.3) is 0 Å². The Hall–Kier alpha value is -0.934. The Bertz CT molecular complexity index is 264. The van der Waals surface area contributed by atoms with Crippen LogP contribution in [0.5, 0.6) is 0 Å². The molecule has 0 aromatic heterocycles. The zero-order valence-electron chi connectivity index (χ0n) is 8.17. The van der Waals surface area contributed by atoms with Crippen LogP contribution in [0.15, 0.2) is 36.4 Å². The van der Waals surface area contributed by atoms with E-state index in [1.165, 1.54) is 12.1 Å². The van der Waals surface area contributed by atoms with E-state index < -0.39 is 5.97 Å². The number of carboxylic acids is 1. The number of hydrogen-bond acceptors (Lipinski definition) is 1. The van der Waals surface area contributed by atoms with Gasteiger partial charge in [0.05, 0.1) is 0 Å². The molecule has 0 unspecified atom stereocenters. The van der Waals surface area contributed by atoms with Crippen LogP contribution in [0.3, 0.4) is 0 Å². The first-order valence-corrected chi connectivity index (χ1v) is 3.99. The van der Waals surface area contributed by atoms with Crippen molar-refractivity contribution in [3.8, 4) is 0 Å². The van der Waals surface area contributed by atoms with Crippen LogP contribution >= 0.6 is 0 Å². The van der Waals surface area contributed by atoms with Gasteiger partial charge >= 0.3 is 25.8 Å². The Balaban J connectivity index is 0. The van der Waals surface area contributed by atoms with Crippen LogP contribution in [-0.4, -0.2) is 11.1 Å². The molecular formula is C11H13O2Os. The molecule has 0 saturated heterocycles. The van der Waals surface area contributed by atoms with Gasteiger partial charge in [0.2, 0.25) is 0 Å². The summed E-state index contributed by atoms with van der Waals surface area (Å²) in [5.41, 5.74) is 0.300. The molecule has 0 bridgehead atoms. The second-order valence-electron chi connectivity index (χ2n) is 2.26. The third-order valence-electron chi connectivity index (χ3n) is 1.30. The molecule has 0 aliphatic carbocycles. The Labute approximate surface area is 97.7 Å². The Morgan fingerprint density at radius 1 is 1.29 bits per heavy atom. The van der Waals surface area contributed by atoms with E-state index in [4.69, 9.17) is 5.11 Å². The number of aromatic carboxylic acids is 1. The van der Waals surface area contributed by atoms with Gasteiger partial charge in [-0.1, -0.05) is 12.2 Å². The standard InChI is InChI=1S/C7H5O2.C4H8.Os/c8-7(9)6-4-2-1-3-5-6;1-3-4-2;/h2-5H,(H,8,9);3-4H,1-2H3;/q-1;;+1/b;4-3-;. The number of benzene rings is 1. The van der Waals surface area contributed by atoms with Gasteiger partial charge in [-0.2, -0.15) is 30.3 Å². The van der Waals surface area contributed by atoms with Gasteiger partial charge in [-0.3, -0.25) is 0 Å². The fraction of sp³-hybridized carbons (Fsp3) is 0.182. The summed E-state index contributed by atoms with van der Waals surface area (Å²) < 4.78 is 0. The monoisotopic (exact) mass is 369 g/mol. The first-order valence-electron chi connectivity index (χ1n) is 3.99. The van der Waals surface area contributed by atoms with Gasteiger partial charge in [-0.25, -0.2) is 4.79 Å². The molecule has 0 amide bonds. The summed E-state index contributed by atoms with van der Waals surface area (Å²) >= 11 is 0. The van der Waals surface area contributed by atoms with Crippen molar-refractivity contribution in [2.45, 2.75) is 13.8 Å². The van der Waals surface area contributed by atoms with Crippen molar-refractivity contribution in [1.82, 2.24) is 0 Å². The number of hydrogen-bond donors (Lipinski definition) is 1. The number of allylic oxidation sites excluding steroid dienone is 2. The zero-order valence-corrected chi connectivity index (χ0v) is 10.7. The summed E-state index contributed by atoms with van der Waals surface area (Å²) in [5, 5.41) is 8.37. The summed E-state index contributed by atoms with van der Waals surface area (Å²) in [5.74, 6) is -0.899. The quantitative estimate of drug-likeness (QED) is 0.612. The van der Waals surface area contributed by atoms with Gasteiger partial charge in [0.1, 0.15) is 0 Å². The molecule has 0 heterocycles. The first-order chi connectivity index (χ1) is 6.22. The molecule has 0 atom stereocenters. The summed E-state index contributed by atoms with van der Waals surface area (Å²) in [4.78, 5) is 10.2. The molecule has 77 valence electrons. The molecule has 14 heavy (non-hydrogen) atoms. The summed E-state index contributed by atoms with van der Waals surface area (Å²) in [6, 6.07) is 8.87. The van der Waals surface area contributed by atoms with Gasteiger partial charge in [0.15, 0.2) is 0 Å². The molecular weight excluding hydrogens is 354 g/mol. The second kappa shape index (κ2) is 10.1.